The molecule has 1 N–H and O–H groups in total. The Morgan fingerprint density at radius 1 is 1.29 bits per heavy atom. The Morgan fingerprint density at radius 3 is 2.67 bits per heavy atom. The van der Waals surface area contributed by atoms with Crippen molar-refractivity contribution >= 4 is 30.5 Å². The molecule has 2 aromatic rings. The van der Waals surface area contributed by atoms with Crippen molar-refractivity contribution < 1.29 is 73.5 Å². The third-order valence-electron chi connectivity index (χ3n) is 2.39. The number of imidazole rings is 1. The van der Waals surface area contributed by atoms with Crippen molar-refractivity contribution in [3.63, 3.8) is 0 Å². The zero-order chi connectivity index (χ0) is 13.9. The number of aryl methyl sites for hydroxylation is 1. The molecule has 0 amide bonds. The zero-order valence-electron chi connectivity index (χ0n) is 11.8. The Balaban J connectivity index is 0.00000200. The molecule has 2 aromatic heterocycles. The van der Waals surface area contributed by atoms with Gasteiger partial charge in [0.15, 0.2) is 11.2 Å². The van der Waals surface area contributed by atoms with Gasteiger partial charge < -0.3 is 23.9 Å². The SMILES string of the molecule is O=c1[nH]cnc2c1ncn2CCSCCP(=O)([O-])[O-].[Na+].[Na+]. The number of hydrogen-bond acceptors (Lipinski definition) is 7. The van der Waals surface area contributed by atoms with Gasteiger partial charge >= 0.3 is 59.1 Å². The first-order valence-electron chi connectivity index (χ1n) is 5.45. The van der Waals surface area contributed by atoms with Gasteiger partial charge in [0, 0.05) is 12.3 Å². The minimum Gasteiger partial charge on any atom is -0.811 e. The summed E-state index contributed by atoms with van der Waals surface area (Å²) in [5.41, 5.74) is 0.467. The largest absolute Gasteiger partial charge is 1.00 e. The fraction of sp³-hybridized carbons (Fsp3) is 0.444. The molecule has 0 saturated heterocycles. The van der Waals surface area contributed by atoms with Crippen molar-refractivity contribution in [1.82, 2.24) is 19.5 Å². The van der Waals surface area contributed by atoms with Crippen LogP contribution in [0, 0.1) is 0 Å². The number of aromatic amines is 1. The second-order valence-corrected chi connectivity index (χ2v) is 6.68. The van der Waals surface area contributed by atoms with Gasteiger partial charge in [0.05, 0.1) is 12.7 Å². The van der Waals surface area contributed by atoms with Gasteiger partial charge in [-0.1, -0.05) is 7.60 Å². The first kappa shape index (κ1) is 21.9. The van der Waals surface area contributed by atoms with E-state index >= 15 is 0 Å². The van der Waals surface area contributed by atoms with E-state index in [1.165, 1.54) is 24.4 Å². The molecule has 0 unspecified atom stereocenters. The number of aromatic nitrogens is 4. The quantitative estimate of drug-likeness (QED) is 0.312. The number of fused-ring (bicyclic) bond motifs is 1. The fourth-order valence-electron chi connectivity index (χ4n) is 1.50. The predicted octanol–water partition coefficient (Wildman–Crippen LogP) is -7.23. The van der Waals surface area contributed by atoms with E-state index in [0.717, 1.165) is 0 Å². The topological polar surface area (TPSA) is 127 Å². The molecule has 2 rings (SSSR count). The van der Waals surface area contributed by atoms with Gasteiger partial charge in [-0.25, -0.2) is 9.97 Å². The Morgan fingerprint density at radius 2 is 2.00 bits per heavy atom. The summed E-state index contributed by atoms with van der Waals surface area (Å²) >= 11 is 1.36. The standard InChI is InChI=1S/C9H13N4O4PS.2Na/c14-9-7-8(10-5-11-9)13(6-12-7)1-3-19-4-2-18(15,16)17;;/h5-6H,1-4H2,(H,10,11,14)(H2,15,16,17);;/q;2*+1/p-2. The van der Waals surface area contributed by atoms with Gasteiger partial charge in [-0.05, 0) is 11.9 Å². The molecule has 2 heterocycles. The van der Waals surface area contributed by atoms with Crippen LogP contribution in [0.15, 0.2) is 17.4 Å². The van der Waals surface area contributed by atoms with Crippen LogP contribution in [0.2, 0.25) is 0 Å². The van der Waals surface area contributed by atoms with Crippen molar-refractivity contribution in [3.05, 3.63) is 23.0 Å². The average Bonchev–Trinajstić information content (AvgIpc) is 2.72. The summed E-state index contributed by atoms with van der Waals surface area (Å²) in [5.74, 6) is 0.880. The molecule has 0 aliphatic rings. The molecule has 0 radical (unpaired) electrons. The first-order chi connectivity index (χ1) is 8.97. The van der Waals surface area contributed by atoms with Crippen LogP contribution in [-0.4, -0.2) is 37.2 Å². The molecule has 0 aromatic carbocycles. The summed E-state index contributed by atoms with van der Waals surface area (Å²) in [4.78, 5) is 42.7. The van der Waals surface area contributed by atoms with Gasteiger partial charge in [-0.2, -0.15) is 11.8 Å². The molecule has 0 saturated carbocycles. The molecule has 0 fully saturated rings. The van der Waals surface area contributed by atoms with E-state index in [1.807, 2.05) is 0 Å². The van der Waals surface area contributed by atoms with Crippen LogP contribution in [0.4, 0.5) is 0 Å². The average molecular weight is 348 g/mol. The van der Waals surface area contributed by atoms with Crippen molar-refractivity contribution in [1.29, 1.82) is 0 Å². The minimum absolute atomic E-state index is 0. The molecule has 0 spiro atoms. The maximum Gasteiger partial charge on any atom is 1.00 e. The van der Waals surface area contributed by atoms with E-state index in [4.69, 9.17) is 0 Å². The summed E-state index contributed by atoms with van der Waals surface area (Å²) < 4.78 is 12.1. The zero-order valence-corrected chi connectivity index (χ0v) is 17.5. The number of H-pyrrole nitrogens is 1. The van der Waals surface area contributed by atoms with E-state index in [1.54, 1.807) is 4.57 Å². The Hall–Kier alpha value is 0.850. The molecule has 0 aliphatic carbocycles. The van der Waals surface area contributed by atoms with Crippen molar-refractivity contribution in [2.45, 2.75) is 6.54 Å². The monoisotopic (exact) mass is 348 g/mol. The second kappa shape index (κ2) is 9.87. The molecule has 8 nitrogen and oxygen atoms in total. The van der Waals surface area contributed by atoms with Crippen LogP contribution in [0.5, 0.6) is 0 Å². The fourth-order valence-corrected chi connectivity index (χ4v) is 3.44. The maximum atomic E-state index is 11.4. The van der Waals surface area contributed by atoms with E-state index in [2.05, 4.69) is 15.0 Å². The third kappa shape index (κ3) is 6.87. The Bertz CT molecular complexity index is 673. The van der Waals surface area contributed by atoms with E-state index in [9.17, 15) is 19.1 Å². The Kier molecular flexibility index (Phi) is 10.3. The van der Waals surface area contributed by atoms with Gasteiger partial charge in [0.25, 0.3) is 5.56 Å². The summed E-state index contributed by atoms with van der Waals surface area (Å²) in [6.07, 6.45) is 2.47. The molecule has 104 valence electrons. The van der Waals surface area contributed by atoms with Crippen LogP contribution in [0.25, 0.3) is 11.2 Å². The van der Waals surface area contributed by atoms with Crippen molar-refractivity contribution in [2.24, 2.45) is 0 Å². The maximum absolute atomic E-state index is 11.4. The third-order valence-corrected chi connectivity index (χ3v) is 4.43. The normalized spacial score (nSPS) is 11.0. The number of nitrogens with zero attached hydrogens (tertiary/aromatic N) is 3. The van der Waals surface area contributed by atoms with Gasteiger partial charge in [-0.15, -0.1) is 0 Å². The van der Waals surface area contributed by atoms with Crippen LogP contribution < -0.4 is 74.5 Å². The molecule has 0 atom stereocenters. The Labute approximate surface area is 169 Å². The van der Waals surface area contributed by atoms with Gasteiger partial charge in [-0.3, -0.25) is 4.79 Å². The number of rotatable bonds is 6. The summed E-state index contributed by atoms with van der Waals surface area (Å²) in [7, 11) is -4.41. The predicted molar refractivity (Wildman–Crippen MR) is 67.9 cm³/mol. The number of nitrogens with one attached hydrogen (secondary N) is 1. The second-order valence-electron chi connectivity index (χ2n) is 3.79. The molecule has 0 bridgehead atoms. The molecular formula is C9H11N4Na2O4PS. The van der Waals surface area contributed by atoms with Crippen LogP contribution >= 0.6 is 19.4 Å². The van der Waals surface area contributed by atoms with Crippen molar-refractivity contribution in [2.75, 3.05) is 17.7 Å². The number of thioether (sulfide) groups is 1. The van der Waals surface area contributed by atoms with Gasteiger partial charge in [0.2, 0.25) is 0 Å². The first-order valence-corrected chi connectivity index (χ1v) is 8.33. The molecule has 21 heavy (non-hydrogen) atoms. The smallest absolute Gasteiger partial charge is 0.811 e. The summed E-state index contributed by atoms with van der Waals surface area (Å²) in [5, 5.41) is 0. The molecule has 12 heteroatoms. The number of hydrogen-bond donors (Lipinski definition) is 1. The molecule has 0 aliphatic heterocycles. The molecular weight excluding hydrogens is 337 g/mol. The van der Waals surface area contributed by atoms with Crippen molar-refractivity contribution in [3.8, 4) is 0 Å². The van der Waals surface area contributed by atoms with Crippen LogP contribution in [-0.2, 0) is 11.1 Å². The van der Waals surface area contributed by atoms with Crippen LogP contribution in [0.1, 0.15) is 0 Å². The van der Waals surface area contributed by atoms with Crippen LogP contribution in [0.3, 0.4) is 0 Å². The van der Waals surface area contributed by atoms with E-state index in [0.29, 0.717) is 17.9 Å². The minimum atomic E-state index is -4.41. The van der Waals surface area contributed by atoms with E-state index in [-0.39, 0.29) is 82.1 Å². The summed E-state index contributed by atoms with van der Waals surface area (Å²) in [6, 6.07) is 0. The van der Waals surface area contributed by atoms with Gasteiger partial charge in [0.1, 0.15) is 0 Å². The summed E-state index contributed by atoms with van der Waals surface area (Å²) in [6.45, 7) is 0.541. The van der Waals surface area contributed by atoms with E-state index < -0.39 is 7.60 Å².